The van der Waals surface area contributed by atoms with Crippen molar-refractivity contribution in [3.63, 3.8) is 0 Å². The van der Waals surface area contributed by atoms with Crippen molar-refractivity contribution in [3.8, 4) is 5.75 Å². The van der Waals surface area contributed by atoms with Crippen LogP contribution in [-0.2, 0) is 16.6 Å². The number of hydrogen-bond donors (Lipinski definition) is 1. The first-order valence-electron chi connectivity index (χ1n) is 8.17. The predicted octanol–water partition coefficient (Wildman–Crippen LogP) is 2.15. The van der Waals surface area contributed by atoms with Crippen molar-refractivity contribution < 1.29 is 13.2 Å². The lowest BCUT2D eigenvalue weighted by Crippen LogP contribution is -2.50. The number of hydrogen-bond acceptors (Lipinski definition) is 4. The monoisotopic (exact) mass is 340 g/mol. The second kappa shape index (κ2) is 7.64. The Morgan fingerprint density at radius 3 is 2.70 bits per heavy atom. The van der Waals surface area contributed by atoms with Crippen molar-refractivity contribution >= 4 is 10.0 Å². The fourth-order valence-corrected chi connectivity index (χ4v) is 4.18. The average Bonchev–Trinajstić information content (AvgIpc) is 2.52. The van der Waals surface area contributed by atoms with E-state index in [1.165, 1.54) is 11.8 Å². The zero-order chi connectivity index (χ0) is 17.0. The second-order valence-electron chi connectivity index (χ2n) is 6.37. The summed E-state index contributed by atoms with van der Waals surface area (Å²) in [6, 6.07) is 6.57. The highest BCUT2D eigenvalue weighted by Gasteiger charge is 2.31. The molecule has 0 amide bonds. The first-order chi connectivity index (χ1) is 10.8. The SMILES string of the molecule is CC[C@H]1CN(S(C)(=O)=O)CC[C@H]1NCc1ccc(OC)c(C)c1. The van der Waals surface area contributed by atoms with E-state index >= 15 is 0 Å². The Bertz CT molecular complexity index is 631. The smallest absolute Gasteiger partial charge is 0.211 e. The highest BCUT2D eigenvalue weighted by Crippen LogP contribution is 2.23. The summed E-state index contributed by atoms with van der Waals surface area (Å²) in [7, 11) is -1.40. The standard InChI is InChI=1S/C17H28N2O3S/c1-5-15-12-19(23(4,20)21)9-8-16(15)18-11-14-6-7-17(22-3)13(2)10-14/h6-7,10,15-16,18H,5,8-9,11-12H2,1-4H3/t15-,16+/m0/s1. The predicted molar refractivity (Wildman–Crippen MR) is 93.2 cm³/mol. The third-order valence-electron chi connectivity index (χ3n) is 4.72. The van der Waals surface area contributed by atoms with Crippen LogP contribution in [0.3, 0.4) is 0 Å². The Morgan fingerprint density at radius 2 is 2.13 bits per heavy atom. The van der Waals surface area contributed by atoms with Gasteiger partial charge in [-0.05, 0) is 36.5 Å². The van der Waals surface area contributed by atoms with Gasteiger partial charge in [0.2, 0.25) is 10.0 Å². The molecule has 2 rings (SSSR count). The van der Waals surface area contributed by atoms with Gasteiger partial charge in [-0.1, -0.05) is 25.5 Å². The summed E-state index contributed by atoms with van der Waals surface area (Å²) >= 11 is 0. The molecule has 1 aliphatic heterocycles. The van der Waals surface area contributed by atoms with Crippen LogP contribution in [0.4, 0.5) is 0 Å². The summed E-state index contributed by atoms with van der Waals surface area (Å²) in [5, 5.41) is 3.61. The highest BCUT2D eigenvalue weighted by atomic mass is 32.2. The maximum atomic E-state index is 11.7. The molecule has 6 heteroatoms. The summed E-state index contributed by atoms with van der Waals surface area (Å²) in [6.07, 6.45) is 3.14. The lowest BCUT2D eigenvalue weighted by Gasteiger charge is -2.37. The summed E-state index contributed by atoms with van der Waals surface area (Å²) < 4.78 is 30.3. The molecule has 0 bridgehead atoms. The molecule has 5 nitrogen and oxygen atoms in total. The Kier molecular flexibility index (Phi) is 6.06. The minimum atomic E-state index is -3.08. The van der Waals surface area contributed by atoms with Crippen molar-refractivity contribution in [1.82, 2.24) is 9.62 Å². The van der Waals surface area contributed by atoms with Crippen LogP contribution in [0, 0.1) is 12.8 Å². The van der Waals surface area contributed by atoms with Crippen molar-refractivity contribution in [2.75, 3.05) is 26.5 Å². The molecule has 0 radical (unpaired) electrons. The molecule has 23 heavy (non-hydrogen) atoms. The molecule has 1 fully saturated rings. The maximum Gasteiger partial charge on any atom is 0.211 e. The quantitative estimate of drug-likeness (QED) is 0.862. The maximum absolute atomic E-state index is 11.7. The molecule has 1 aromatic carbocycles. The van der Waals surface area contributed by atoms with Crippen LogP contribution in [0.5, 0.6) is 5.75 Å². The molecule has 130 valence electrons. The summed E-state index contributed by atoms with van der Waals surface area (Å²) in [6.45, 7) is 6.19. The number of aryl methyl sites for hydroxylation is 1. The largest absolute Gasteiger partial charge is 0.496 e. The molecule has 1 saturated heterocycles. The second-order valence-corrected chi connectivity index (χ2v) is 8.35. The molecule has 0 aromatic heterocycles. The Labute approximate surface area is 140 Å². The Hall–Kier alpha value is -1.11. The Morgan fingerprint density at radius 1 is 1.39 bits per heavy atom. The van der Waals surface area contributed by atoms with Gasteiger partial charge < -0.3 is 10.1 Å². The molecule has 1 heterocycles. The number of rotatable bonds is 6. The van der Waals surface area contributed by atoms with E-state index in [2.05, 4.69) is 24.4 Å². The first kappa shape index (κ1) is 18.2. The van der Waals surface area contributed by atoms with Crippen LogP contribution in [0.25, 0.3) is 0 Å². The van der Waals surface area contributed by atoms with Crippen molar-refractivity contribution in [2.24, 2.45) is 5.92 Å². The van der Waals surface area contributed by atoms with E-state index in [0.29, 0.717) is 25.0 Å². The van der Waals surface area contributed by atoms with Gasteiger partial charge in [0.05, 0.1) is 13.4 Å². The van der Waals surface area contributed by atoms with Crippen LogP contribution < -0.4 is 10.1 Å². The van der Waals surface area contributed by atoms with E-state index in [0.717, 1.165) is 30.7 Å². The highest BCUT2D eigenvalue weighted by molar-refractivity contribution is 7.88. The number of nitrogens with one attached hydrogen (secondary N) is 1. The number of nitrogens with zero attached hydrogens (tertiary/aromatic N) is 1. The summed E-state index contributed by atoms with van der Waals surface area (Å²) in [5.41, 5.74) is 2.36. The molecule has 1 aromatic rings. The van der Waals surface area contributed by atoms with Crippen LogP contribution in [0.15, 0.2) is 18.2 Å². The van der Waals surface area contributed by atoms with Gasteiger partial charge in [0.1, 0.15) is 5.75 Å². The van der Waals surface area contributed by atoms with Crippen LogP contribution in [0.2, 0.25) is 0 Å². The lowest BCUT2D eigenvalue weighted by atomic mass is 9.91. The van der Waals surface area contributed by atoms with Crippen molar-refractivity contribution in [1.29, 1.82) is 0 Å². The van der Waals surface area contributed by atoms with Gasteiger partial charge >= 0.3 is 0 Å². The van der Waals surface area contributed by atoms with Gasteiger partial charge in [0, 0.05) is 25.7 Å². The van der Waals surface area contributed by atoms with Crippen molar-refractivity contribution in [2.45, 2.75) is 39.3 Å². The minimum absolute atomic E-state index is 0.359. The normalized spacial score (nSPS) is 23.0. The van der Waals surface area contributed by atoms with Crippen LogP contribution >= 0.6 is 0 Å². The first-order valence-corrected chi connectivity index (χ1v) is 10.0. The van der Waals surface area contributed by atoms with E-state index < -0.39 is 10.0 Å². The van der Waals surface area contributed by atoms with Crippen LogP contribution in [0.1, 0.15) is 30.9 Å². The third-order valence-corrected chi connectivity index (χ3v) is 5.99. The van der Waals surface area contributed by atoms with E-state index in [-0.39, 0.29) is 0 Å². The fraction of sp³-hybridized carbons (Fsp3) is 0.647. The van der Waals surface area contributed by atoms with Gasteiger partial charge in [0.25, 0.3) is 0 Å². The molecular weight excluding hydrogens is 312 g/mol. The number of piperidine rings is 1. The van der Waals surface area contributed by atoms with Gasteiger partial charge in [-0.15, -0.1) is 0 Å². The van der Waals surface area contributed by atoms with Gasteiger partial charge in [0.15, 0.2) is 0 Å². The molecule has 1 N–H and O–H groups in total. The topological polar surface area (TPSA) is 58.6 Å². The summed E-state index contributed by atoms with van der Waals surface area (Å²) in [5.74, 6) is 1.26. The minimum Gasteiger partial charge on any atom is -0.496 e. The molecule has 2 atom stereocenters. The molecule has 1 aliphatic rings. The van der Waals surface area contributed by atoms with E-state index in [1.54, 1.807) is 11.4 Å². The molecule has 0 aliphatic carbocycles. The molecule has 0 unspecified atom stereocenters. The Balaban J connectivity index is 1.96. The number of methoxy groups -OCH3 is 1. The van der Waals surface area contributed by atoms with Crippen molar-refractivity contribution in [3.05, 3.63) is 29.3 Å². The average molecular weight is 340 g/mol. The summed E-state index contributed by atoms with van der Waals surface area (Å²) in [4.78, 5) is 0. The molecule has 0 spiro atoms. The van der Waals surface area contributed by atoms with Gasteiger partial charge in [-0.25, -0.2) is 12.7 Å². The molecular formula is C17H28N2O3S. The van der Waals surface area contributed by atoms with Gasteiger partial charge in [-0.2, -0.15) is 0 Å². The number of sulfonamides is 1. The zero-order valence-corrected chi connectivity index (χ0v) is 15.3. The zero-order valence-electron chi connectivity index (χ0n) is 14.5. The van der Waals surface area contributed by atoms with E-state index in [4.69, 9.17) is 4.74 Å². The molecule has 0 saturated carbocycles. The third kappa shape index (κ3) is 4.68. The van der Waals surface area contributed by atoms with Gasteiger partial charge in [-0.3, -0.25) is 0 Å². The number of ether oxygens (including phenoxy) is 1. The van der Waals surface area contributed by atoms with Crippen LogP contribution in [-0.4, -0.2) is 45.2 Å². The number of benzene rings is 1. The van der Waals surface area contributed by atoms with E-state index in [9.17, 15) is 8.42 Å². The van der Waals surface area contributed by atoms with E-state index in [1.807, 2.05) is 13.0 Å². The lowest BCUT2D eigenvalue weighted by molar-refractivity contribution is 0.202. The fourth-order valence-electron chi connectivity index (χ4n) is 3.28.